The number of hydrogen-bond donors (Lipinski definition) is 1. The molecule has 0 unspecified atom stereocenters. The molecule has 146 valence electrons. The van der Waals surface area contributed by atoms with Crippen LogP contribution in [0.25, 0.3) is 0 Å². The minimum atomic E-state index is -0.415. The van der Waals surface area contributed by atoms with Gasteiger partial charge < -0.3 is 14.8 Å². The van der Waals surface area contributed by atoms with Gasteiger partial charge in [0.1, 0.15) is 11.4 Å². The minimum absolute atomic E-state index is 0.165. The number of nitrogens with one attached hydrogen (secondary N) is 1. The van der Waals surface area contributed by atoms with Crippen molar-refractivity contribution in [3.63, 3.8) is 0 Å². The predicted molar refractivity (Wildman–Crippen MR) is 109 cm³/mol. The Morgan fingerprint density at radius 2 is 1.59 bits per heavy atom. The third-order valence-corrected chi connectivity index (χ3v) is 3.87. The highest BCUT2D eigenvalue weighted by Gasteiger charge is 2.15. The Kier molecular flexibility index (Phi) is 8.34. The number of carbonyl (C=O) groups is 1. The zero-order valence-electron chi connectivity index (χ0n) is 16.7. The predicted octanol–water partition coefficient (Wildman–Crippen LogP) is 4.37. The Morgan fingerprint density at radius 1 is 0.926 bits per heavy atom. The van der Waals surface area contributed by atoms with Crippen LogP contribution in [0.1, 0.15) is 44.7 Å². The van der Waals surface area contributed by atoms with E-state index in [1.54, 1.807) is 0 Å². The van der Waals surface area contributed by atoms with Crippen molar-refractivity contribution < 1.29 is 14.3 Å². The van der Waals surface area contributed by atoms with Crippen molar-refractivity contribution in [3.8, 4) is 5.75 Å². The highest BCUT2D eigenvalue weighted by Crippen LogP contribution is 2.15. The van der Waals surface area contributed by atoms with Crippen LogP contribution in [-0.2, 0) is 16.0 Å². The van der Waals surface area contributed by atoms with E-state index in [9.17, 15) is 4.79 Å². The molecule has 27 heavy (non-hydrogen) atoms. The summed E-state index contributed by atoms with van der Waals surface area (Å²) >= 11 is 0. The SMILES string of the molecule is CC(C)(C)OC(=O)CCNCCCOc1ccc(Cc2ccccc2)cc1. The van der Waals surface area contributed by atoms with Gasteiger partial charge in [-0.25, -0.2) is 0 Å². The van der Waals surface area contributed by atoms with Crippen LogP contribution >= 0.6 is 0 Å². The molecule has 0 aliphatic rings. The molecule has 1 N–H and O–H groups in total. The summed E-state index contributed by atoms with van der Waals surface area (Å²) in [5.41, 5.74) is 2.17. The number of benzene rings is 2. The van der Waals surface area contributed by atoms with Crippen LogP contribution < -0.4 is 10.1 Å². The normalized spacial score (nSPS) is 11.2. The van der Waals surface area contributed by atoms with Crippen molar-refractivity contribution in [1.82, 2.24) is 5.32 Å². The molecule has 0 heterocycles. The Labute approximate surface area is 162 Å². The molecule has 2 aromatic rings. The fourth-order valence-corrected chi connectivity index (χ4v) is 2.63. The van der Waals surface area contributed by atoms with Gasteiger partial charge in [-0.3, -0.25) is 4.79 Å². The first kappa shape index (κ1) is 21.0. The van der Waals surface area contributed by atoms with Crippen molar-refractivity contribution >= 4 is 5.97 Å². The maximum atomic E-state index is 11.6. The second-order valence-corrected chi connectivity index (χ2v) is 7.59. The quantitative estimate of drug-likeness (QED) is 0.499. The number of esters is 1. The van der Waals surface area contributed by atoms with Gasteiger partial charge in [-0.05, 0) is 63.4 Å². The molecule has 0 aliphatic heterocycles. The van der Waals surface area contributed by atoms with E-state index in [0.717, 1.165) is 25.1 Å². The fourth-order valence-electron chi connectivity index (χ4n) is 2.63. The second kappa shape index (κ2) is 10.7. The molecule has 0 atom stereocenters. The molecule has 4 nitrogen and oxygen atoms in total. The smallest absolute Gasteiger partial charge is 0.307 e. The molecule has 0 spiro atoms. The summed E-state index contributed by atoms with van der Waals surface area (Å²) in [4.78, 5) is 11.6. The first-order valence-corrected chi connectivity index (χ1v) is 9.60. The molecule has 2 rings (SSSR count). The summed E-state index contributed by atoms with van der Waals surface area (Å²) in [6.45, 7) is 7.73. The fraction of sp³-hybridized carbons (Fsp3) is 0.435. The molecule has 2 aromatic carbocycles. The topological polar surface area (TPSA) is 47.6 Å². The average Bonchev–Trinajstić information content (AvgIpc) is 2.62. The van der Waals surface area contributed by atoms with E-state index in [1.807, 2.05) is 39.0 Å². The lowest BCUT2D eigenvalue weighted by Gasteiger charge is -2.19. The standard InChI is InChI=1S/C23H31NO3/c1-23(2,3)27-22(25)14-16-24-15-7-17-26-21-12-10-20(11-13-21)18-19-8-5-4-6-9-19/h4-6,8-13,24H,7,14-18H2,1-3H3. The maximum absolute atomic E-state index is 11.6. The van der Waals surface area contributed by atoms with E-state index >= 15 is 0 Å². The Hall–Kier alpha value is -2.33. The van der Waals surface area contributed by atoms with Crippen molar-refractivity contribution in [1.29, 1.82) is 0 Å². The van der Waals surface area contributed by atoms with Crippen molar-refractivity contribution in [2.24, 2.45) is 0 Å². The van der Waals surface area contributed by atoms with E-state index in [-0.39, 0.29) is 5.97 Å². The Morgan fingerprint density at radius 3 is 2.26 bits per heavy atom. The van der Waals surface area contributed by atoms with E-state index < -0.39 is 5.60 Å². The summed E-state index contributed by atoms with van der Waals surface area (Å²) in [6.07, 6.45) is 2.21. The molecular weight excluding hydrogens is 338 g/mol. The molecule has 0 aromatic heterocycles. The van der Waals surface area contributed by atoms with Crippen LogP contribution in [0.15, 0.2) is 54.6 Å². The highest BCUT2D eigenvalue weighted by atomic mass is 16.6. The zero-order valence-corrected chi connectivity index (χ0v) is 16.7. The first-order chi connectivity index (χ1) is 12.9. The molecule has 0 bridgehead atoms. The van der Waals surface area contributed by atoms with E-state index in [0.29, 0.717) is 19.6 Å². The van der Waals surface area contributed by atoms with Gasteiger partial charge in [0.25, 0.3) is 0 Å². The molecule has 0 aliphatic carbocycles. The summed E-state index contributed by atoms with van der Waals surface area (Å²) in [5.74, 6) is 0.724. The molecule has 4 heteroatoms. The summed E-state index contributed by atoms with van der Waals surface area (Å²) in [7, 11) is 0. The van der Waals surface area contributed by atoms with Gasteiger partial charge >= 0.3 is 5.97 Å². The van der Waals surface area contributed by atoms with Gasteiger partial charge in [-0.15, -0.1) is 0 Å². The van der Waals surface area contributed by atoms with Gasteiger partial charge in [0.15, 0.2) is 0 Å². The highest BCUT2D eigenvalue weighted by molar-refractivity contribution is 5.70. The van der Waals surface area contributed by atoms with Gasteiger partial charge in [0.05, 0.1) is 13.0 Å². The van der Waals surface area contributed by atoms with E-state index in [1.165, 1.54) is 11.1 Å². The van der Waals surface area contributed by atoms with Crippen molar-refractivity contribution in [3.05, 3.63) is 65.7 Å². The van der Waals surface area contributed by atoms with E-state index in [2.05, 4.69) is 41.7 Å². The van der Waals surface area contributed by atoms with Crippen LogP contribution in [0.2, 0.25) is 0 Å². The lowest BCUT2D eigenvalue weighted by atomic mass is 10.1. The average molecular weight is 370 g/mol. The lowest BCUT2D eigenvalue weighted by Crippen LogP contribution is -2.27. The molecule has 0 fully saturated rings. The summed E-state index contributed by atoms with van der Waals surface area (Å²) in [6, 6.07) is 18.7. The number of rotatable bonds is 10. The lowest BCUT2D eigenvalue weighted by molar-refractivity contribution is -0.154. The molecule has 0 amide bonds. The van der Waals surface area contributed by atoms with Crippen molar-refractivity contribution in [2.45, 2.75) is 45.6 Å². The third-order valence-electron chi connectivity index (χ3n) is 3.87. The molecule has 0 saturated heterocycles. The third kappa shape index (κ3) is 9.25. The molecular formula is C23H31NO3. The van der Waals surface area contributed by atoms with Crippen LogP contribution in [-0.4, -0.2) is 31.3 Å². The first-order valence-electron chi connectivity index (χ1n) is 9.60. The van der Waals surface area contributed by atoms with Crippen LogP contribution in [0.4, 0.5) is 0 Å². The Bertz CT molecular complexity index is 675. The number of carbonyl (C=O) groups excluding carboxylic acids is 1. The molecule has 0 saturated carbocycles. The van der Waals surface area contributed by atoms with Gasteiger partial charge in [0, 0.05) is 6.54 Å². The Balaban J connectivity index is 1.56. The summed E-state index contributed by atoms with van der Waals surface area (Å²) in [5, 5.41) is 3.24. The van der Waals surface area contributed by atoms with Gasteiger partial charge in [-0.2, -0.15) is 0 Å². The zero-order chi connectivity index (χ0) is 19.5. The van der Waals surface area contributed by atoms with Gasteiger partial charge in [-0.1, -0.05) is 42.5 Å². The van der Waals surface area contributed by atoms with Crippen LogP contribution in [0, 0.1) is 0 Å². The molecule has 0 radical (unpaired) electrons. The van der Waals surface area contributed by atoms with Gasteiger partial charge in [0.2, 0.25) is 0 Å². The monoisotopic (exact) mass is 369 g/mol. The second-order valence-electron chi connectivity index (χ2n) is 7.59. The maximum Gasteiger partial charge on any atom is 0.307 e. The van der Waals surface area contributed by atoms with E-state index in [4.69, 9.17) is 9.47 Å². The van der Waals surface area contributed by atoms with Crippen LogP contribution in [0.5, 0.6) is 5.75 Å². The largest absolute Gasteiger partial charge is 0.494 e. The summed E-state index contributed by atoms with van der Waals surface area (Å²) < 4.78 is 11.0. The minimum Gasteiger partial charge on any atom is -0.494 e. The number of ether oxygens (including phenoxy) is 2. The van der Waals surface area contributed by atoms with Crippen molar-refractivity contribution in [2.75, 3.05) is 19.7 Å². The van der Waals surface area contributed by atoms with Crippen LogP contribution in [0.3, 0.4) is 0 Å². The number of hydrogen-bond acceptors (Lipinski definition) is 4.